The molecule has 0 aliphatic carbocycles. The lowest BCUT2D eigenvalue weighted by molar-refractivity contribution is -0.141. The van der Waals surface area contributed by atoms with E-state index in [2.05, 4.69) is 15.5 Å². The Balaban J connectivity index is 2.18. The molecule has 2 rings (SSSR count). The van der Waals surface area contributed by atoms with Crippen LogP contribution in [0.15, 0.2) is 35.2 Å². The van der Waals surface area contributed by atoms with Crippen molar-refractivity contribution >= 4 is 23.6 Å². The van der Waals surface area contributed by atoms with Gasteiger partial charge in [0.15, 0.2) is 0 Å². The van der Waals surface area contributed by atoms with Crippen molar-refractivity contribution in [2.75, 3.05) is 13.4 Å². The highest BCUT2D eigenvalue weighted by molar-refractivity contribution is 7.98. The Morgan fingerprint density at radius 2 is 2.04 bits per heavy atom. The zero-order valence-electron chi connectivity index (χ0n) is 13.3. The zero-order chi connectivity index (χ0) is 16.8. The van der Waals surface area contributed by atoms with Crippen molar-refractivity contribution < 1.29 is 14.3 Å². The van der Waals surface area contributed by atoms with Gasteiger partial charge in [-0.1, -0.05) is 12.1 Å². The second kappa shape index (κ2) is 7.82. The van der Waals surface area contributed by atoms with E-state index in [1.807, 2.05) is 37.4 Å². The summed E-state index contributed by atoms with van der Waals surface area (Å²) in [7, 11) is 1.33. The second-order valence-corrected chi connectivity index (χ2v) is 5.90. The number of carbonyl (C=O) groups excluding carboxylic acids is 2. The summed E-state index contributed by atoms with van der Waals surface area (Å²) in [6.45, 7) is 1.82. The topological polar surface area (TPSA) is 84.1 Å². The highest BCUT2D eigenvalue weighted by Gasteiger charge is 2.21. The largest absolute Gasteiger partial charge is 0.469 e. The van der Waals surface area contributed by atoms with Crippen LogP contribution in [0.25, 0.3) is 0 Å². The number of benzene rings is 1. The smallest absolute Gasteiger partial charge is 0.307 e. The van der Waals surface area contributed by atoms with Gasteiger partial charge in [-0.25, -0.2) is 0 Å². The summed E-state index contributed by atoms with van der Waals surface area (Å²) in [5.74, 6) is -0.723. The first-order valence-corrected chi connectivity index (χ1v) is 8.29. The number of aromatic amines is 1. The number of hydrogen-bond acceptors (Lipinski definition) is 5. The Kier molecular flexibility index (Phi) is 5.81. The van der Waals surface area contributed by atoms with Crippen molar-refractivity contribution in [2.45, 2.75) is 24.3 Å². The van der Waals surface area contributed by atoms with Crippen LogP contribution in [0.2, 0.25) is 0 Å². The van der Waals surface area contributed by atoms with Gasteiger partial charge in [0.1, 0.15) is 5.69 Å². The molecule has 1 heterocycles. The van der Waals surface area contributed by atoms with Crippen LogP contribution in [0.1, 0.15) is 34.2 Å². The van der Waals surface area contributed by atoms with Gasteiger partial charge in [0.2, 0.25) is 0 Å². The zero-order valence-corrected chi connectivity index (χ0v) is 14.1. The number of H-pyrrole nitrogens is 1. The van der Waals surface area contributed by atoms with Crippen LogP contribution in [-0.4, -0.2) is 35.4 Å². The molecule has 1 aromatic heterocycles. The minimum atomic E-state index is -0.470. The highest BCUT2D eigenvalue weighted by Crippen LogP contribution is 2.22. The molecule has 0 unspecified atom stereocenters. The van der Waals surface area contributed by atoms with Gasteiger partial charge in [-0.05, 0) is 36.9 Å². The molecule has 2 N–H and O–H groups in total. The molecule has 1 aromatic carbocycles. The number of aryl methyl sites for hydroxylation is 1. The number of esters is 1. The molecule has 0 saturated carbocycles. The SMILES string of the molecule is COC(=O)C[C@H](NC(=O)c1cc(C)[nH]n1)c1ccc(SC)cc1. The van der Waals surface area contributed by atoms with E-state index in [-0.39, 0.29) is 24.0 Å². The maximum absolute atomic E-state index is 12.3. The molecule has 1 amide bonds. The third kappa shape index (κ3) is 4.59. The van der Waals surface area contributed by atoms with Crippen LogP contribution in [0, 0.1) is 6.92 Å². The van der Waals surface area contributed by atoms with Gasteiger partial charge >= 0.3 is 5.97 Å². The molecule has 0 bridgehead atoms. The fourth-order valence-corrected chi connectivity index (χ4v) is 2.51. The molecule has 23 heavy (non-hydrogen) atoms. The van der Waals surface area contributed by atoms with Crippen LogP contribution < -0.4 is 5.32 Å². The molecule has 0 spiro atoms. The van der Waals surface area contributed by atoms with Crippen molar-refractivity contribution in [1.29, 1.82) is 0 Å². The number of amides is 1. The first kappa shape index (κ1) is 17.1. The summed E-state index contributed by atoms with van der Waals surface area (Å²) in [5.41, 5.74) is 1.93. The van der Waals surface area contributed by atoms with E-state index >= 15 is 0 Å². The Hall–Kier alpha value is -2.28. The number of rotatable bonds is 6. The monoisotopic (exact) mass is 333 g/mol. The van der Waals surface area contributed by atoms with Gasteiger partial charge in [0, 0.05) is 10.6 Å². The molecular weight excluding hydrogens is 314 g/mol. The first-order valence-electron chi connectivity index (χ1n) is 7.07. The lowest BCUT2D eigenvalue weighted by atomic mass is 10.0. The van der Waals surface area contributed by atoms with Crippen molar-refractivity contribution in [3.8, 4) is 0 Å². The molecule has 7 heteroatoms. The number of ether oxygens (including phenoxy) is 1. The number of methoxy groups -OCH3 is 1. The molecule has 0 aliphatic rings. The van der Waals surface area contributed by atoms with E-state index in [1.54, 1.807) is 17.8 Å². The van der Waals surface area contributed by atoms with Crippen LogP contribution >= 0.6 is 11.8 Å². The maximum Gasteiger partial charge on any atom is 0.307 e. The number of aromatic nitrogens is 2. The quantitative estimate of drug-likeness (QED) is 0.627. The fraction of sp³-hybridized carbons (Fsp3) is 0.312. The Morgan fingerprint density at radius 1 is 1.35 bits per heavy atom. The lowest BCUT2D eigenvalue weighted by Crippen LogP contribution is -2.30. The van der Waals surface area contributed by atoms with E-state index < -0.39 is 6.04 Å². The van der Waals surface area contributed by atoms with E-state index in [0.29, 0.717) is 0 Å². The Bertz CT molecular complexity index is 682. The van der Waals surface area contributed by atoms with Crippen molar-refractivity contribution in [1.82, 2.24) is 15.5 Å². The molecule has 2 aromatic rings. The second-order valence-electron chi connectivity index (χ2n) is 5.02. The summed E-state index contributed by atoms with van der Waals surface area (Å²) >= 11 is 1.63. The predicted molar refractivity (Wildman–Crippen MR) is 88.4 cm³/mol. The summed E-state index contributed by atoms with van der Waals surface area (Å²) < 4.78 is 4.72. The van der Waals surface area contributed by atoms with Crippen molar-refractivity contribution in [3.05, 3.63) is 47.3 Å². The summed E-state index contributed by atoms with van der Waals surface area (Å²) in [5, 5.41) is 9.49. The molecule has 6 nitrogen and oxygen atoms in total. The van der Waals surface area contributed by atoms with Gasteiger partial charge in [0.25, 0.3) is 5.91 Å². The Morgan fingerprint density at radius 3 is 2.57 bits per heavy atom. The highest BCUT2D eigenvalue weighted by atomic mass is 32.2. The van der Waals surface area contributed by atoms with Gasteiger partial charge < -0.3 is 10.1 Å². The summed E-state index contributed by atoms with van der Waals surface area (Å²) in [6.07, 6.45) is 2.05. The predicted octanol–water partition coefficient (Wildman–Crippen LogP) is 2.47. The lowest BCUT2D eigenvalue weighted by Gasteiger charge is -2.18. The van der Waals surface area contributed by atoms with Gasteiger partial charge in [0.05, 0.1) is 19.6 Å². The fourth-order valence-electron chi connectivity index (χ4n) is 2.10. The molecule has 1 atom stereocenters. The van der Waals surface area contributed by atoms with Crippen molar-refractivity contribution in [3.63, 3.8) is 0 Å². The average Bonchev–Trinajstić information content (AvgIpc) is 3.00. The van der Waals surface area contributed by atoms with Crippen LogP contribution in [0.5, 0.6) is 0 Å². The van der Waals surface area contributed by atoms with Crippen LogP contribution in [-0.2, 0) is 9.53 Å². The molecule has 122 valence electrons. The van der Waals surface area contributed by atoms with Crippen molar-refractivity contribution in [2.24, 2.45) is 0 Å². The minimum absolute atomic E-state index is 0.0598. The third-order valence-corrected chi connectivity index (χ3v) is 4.10. The maximum atomic E-state index is 12.3. The molecule has 0 fully saturated rings. The number of thioether (sulfide) groups is 1. The van der Waals surface area contributed by atoms with Gasteiger partial charge in [-0.3, -0.25) is 14.7 Å². The number of hydrogen-bond donors (Lipinski definition) is 2. The van der Waals surface area contributed by atoms with E-state index in [1.165, 1.54) is 7.11 Å². The van der Waals surface area contributed by atoms with Gasteiger partial charge in [-0.15, -0.1) is 11.8 Å². The normalized spacial score (nSPS) is 11.8. The number of nitrogens with one attached hydrogen (secondary N) is 2. The van der Waals surface area contributed by atoms with Gasteiger partial charge in [-0.2, -0.15) is 5.10 Å². The molecule has 0 radical (unpaired) electrons. The minimum Gasteiger partial charge on any atom is -0.469 e. The van der Waals surface area contributed by atoms with E-state index in [4.69, 9.17) is 4.74 Å². The summed E-state index contributed by atoms with van der Waals surface area (Å²) in [4.78, 5) is 25.0. The van der Waals surface area contributed by atoms with E-state index in [9.17, 15) is 9.59 Å². The third-order valence-electron chi connectivity index (χ3n) is 3.36. The number of nitrogens with zero attached hydrogens (tertiary/aromatic N) is 1. The van der Waals surface area contributed by atoms with Crippen LogP contribution in [0.4, 0.5) is 0 Å². The van der Waals surface area contributed by atoms with Crippen LogP contribution in [0.3, 0.4) is 0 Å². The molecule has 0 saturated heterocycles. The summed E-state index contributed by atoms with van der Waals surface area (Å²) in [6, 6.07) is 8.89. The number of carbonyl (C=O) groups is 2. The van der Waals surface area contributed by atoms with E-state index in [0.717, 1.165) is 16.2 Å². The first-order chi connectivity index (χ1) is 11.0. The molecular formula is C16H19N3O3S. The standard InChI is InChI=1S/C16H19N3O3S/c1-10-8-14(19-18-10)16(21)17-13(9-15(20)22-2)11-4-6-12(23-3)7-5-11/h4-8,13H,9H2,1-3H3,(H,17,21)(H,18,19)/t13-/m0/s1. The average molecular weight is 333 g/mol. The Labute approximate surface area is 139 Å². The molecule has 0 aliphatic heterocycles.